The maximum absolute atomic E-state index is 12.0. The number of carbonyl (C=O) groups excluding carboxylic acids is 1. The average molecular weight is 304 g/mol. The number of carbonyl (C=O) groups is 1. The average Bonchev–Trinajstić information content (AvgIpc) is 2.90. The highest BCUT2D eigenvalue weighted by Crippen LogP contribution is 2.26. The van der Waals surface area contributed by atoms with Crippen molar-refractivity contribution < 1.29 is 13.9 Å². The van der Waals surface area contributed by atoms with Crippen LogP contribution in [0.1, 0.15) is 25.6 Å². The number of likely N-dealkylation sites (N-methyl/N-ethyl adjacent to an activating group) is 1. The number of ether oxygens (including phenoxy) is 1. The molecule has 0 aliphatic carbocycles. The van der Waals surface area contributed by atoms with Crippen LogP contribution in [0.3, 0.4) is 0 Å². The number of rotatable bonds is 7. The molecule has 0 aliphatic rings. The van der Waals surface area contributed by atoms with Gasteiger partial charge in [0.05, 0.1) is 19.2 Å². The van der Waals surface area contributed by atoms with E-state index < -0.39 is 0 Å². The van der Waals surface area contributed by atoms with Crippen molar-refractivity contribution in [1.82, 2.24) is 10.2 Å². The molecule has 0 saturated carbocycles. The first kappa shape index (κ1) is 16.5. The van der Waals surface area contributed by atoms with Gasteiger partial charge in [-0.3, -0.25) is 9.69 Å². The first-order chi connectivity index (χ1) is 10.5. The molecule has 120 valence electrons. The number of furan rings is 1. The summed E-state index contributed by atoms with van der Waals surface area (Å²) >= 11 is 0. The molecule has 0 saturated heterocycles. The van der Waals surface area contributed by atoms with Gasteiger partial charge in [-0.2, -0.15) is 0 Å². The van der Waals surface area contributed by atoms with Crippen molar-refractivity contribution in [3.8, 4) is 0 Å². The molecule has 2 atom stereocenters. The number of para-hydroxylation sites is 1. The van der Waals surface area contributed by atoms with Gasteiger partial charge in [-0.1, -0.05) is 18.2 Å². The molecule has 0 radical (unpaired) electrons. The van der Waals surface area contributed by atoms with Gasteiger partial charge >= 0.3 is 0 Å². The number of nitrogens with zero attached hydrogens (tertiary/aromatic N) is 1. The molecule has 22 heavy (non-hydrogen) atoms. The van der Waals surface area contributed by atoms with Crippen molar-refractivity contribution in [3.63, 3.8) is 0 Å². The highest BCUT2D eigenvalue weighted by molar-refractivity contribution is 5.79. The topological polar surface area (TPSA) is 54.7 Å². The van der Waals surface area contributed by atoms with Crippen LogP contribution in [-0.4, -0.2) is 44.2 Å². The van der Waals surface area contributed by atoms with E-state index in [4.69, 9.17) is 9.15 Å². The van der Waals surface area contributed by atoms with Crippen LogP contribution < -0.4 is 5.32 Å². The lowest BCUT2D eigenvalue weighted by atomic mass is 10.2. The molecule has 2 aromatic rings. The Balaban J connectivity index is 1.96. The quantitative estimate of drug-likeness (QED) is 0.854. The van der Waals surface area contributed by atoms with Crippen molar-refractivity contribution in [2.45, 2.75) is 25.9 Å². The molecule has 5 nitrogen and oxygen atoms in total. The Bertz CT molecular complexity index is 590. The minimum absolute atomic E-state index is 0.00686. The summed E-state index contributed by atoms with van der Waals surface area (Å²) < 4.78 is 10.9. The maximum Gasteiger partial charge on any atom is 0.234 e. The number of hydrogen-bond donors (Lipinski definition) is 1. The Morgan fingerprint density at radius 2 is 2.09 bits per heavy atom. The molecule has 1 aromatic carbocycles. The summed E-state index contributed by atoms with van der Waals surface area (Å²) in [5.74, 6) is 0.844. The normalized spacial score (nSPS) is 14.2. The smallest absolute Gasteiger partial charge is 0.234 e. The van der Waals surface area contributed by atoms with Gasteiger partial charge in [0.2, 0.25) is 5.91 Å². The Hall–Kier alpha value is -1.85. The summed E-state index contributed by atoms with van der Waals surface area (Å²) in [5.41, 5.74) is 0.871. The molecule has 2 unspecified atom stereocenters. The SMILES string of the molecule is COCC(C)NC(=O)CN(C)C(C)c1cc2ccccc2o1. The van der Waals surface area contributed by atoms with E-state index in [0.29, 0.717) is 13.2 Å². The van der Waals surface area contributed by atoms with Gasteiger partial charge in [0.1, 0.15) is 11.3 Å². The fourth-order valence-electron chi connectivity index (χ4n) is 2.40. The lowest BCUT2D eigenvalue weighted by Gasteiger charge is -2.23. The molecule has 0 aliphatic heterocycles. The third kappa shape index (κ3) is 4.08. The third-order valence-corrected chi connectivity index (χ3v) is 3.73. The number of hydrogen-bond acceptors (Lipinski definition) is 4. The van der Waals surface area contributed by atoms with E-state index in [2.05, 4.69) is 5.32 Å². The first-order valence-electron chi connectivity index (χ1n) is 7.48. The number of benzene rings is 1. The molecule has 2 rings (SSSR count). The zero-order valence-corrected chi connectivity index (χ0v) is 13.6. The molecule has 0 fully saturated rings. The summed E-state index contributed by atoms with van der Waals surface area (Å²) in [6.45, 7) is 4.77. The van der Waals surface area contributed by atoms with Crippen molar-refractivity contribution in [3.05, 3.63) is 36.1 Å². The van der Waals surface area contributed by atoms with E-state index in [-0.39, 0.29) is 18.0 Å². The van der Waals surface area contributed by atoms with E-state index in [0.717, 1.165) is 16.7 Å². The summed E-state index contributed by atoms with van der Waals surface area (Å²) in [6.07, 6.45) is 0. The highest BCUT2D eigenvalue weighted by Gasteiger charge is 2.19. The maximum atomic E-state index is 12.0. The summed E-state index contributed by atoms with van der Waals surface area (Å²) in [5, 5.41) is 3.99. The van der Waals surface area contributed by atoms with Crippen molar-refractivity contribution >= 4 is 16.9 Å². The fourth-order valence-corrected chi connectivity index (χ4v) is 2.40. The summed E-state index contributed by atoms with van der Waals surface area (Å²) in [7, 11) is 3.54. The molecule has 0 bridgehead atoms. The number of methoxy groups -OCH3 is 1. The second-order valence-electron chi connectivity index (χ2n) is 5.70. The molecule has 1 heterocycles. The molecule has 0 spiro atoms. The van der Waals surface area contributed by atoms with Crippen molar-refractivity contribution in [2.75, 3.05) is 27.3 Å². The summed E-state index contributed by atoms with van der Waals surface area (Å²) in [4.78, 5) is 14.0. The predicted molar refractivity (Wildman–Crippen MR) is 86.7 cm³/mol. The minimum Gasteiger partial charge on any atom is -0.459 e. The first-order valence-corrected chi connectivity index (χ1v) is 7.48. The Labute approximate surface area is 131 Å². The van der Waals surface area contributed by atoms with E-state index in [1.165, 1.54) is 0 Å². The van der Waals surface area contributed by atoms with Crippen LogP contribution in [0, 0.1) is 0 Å². The van der Waals surface area contributed by atoms with Crippen LogP contribution in [-0.2, 0) is 9.53 Å². The van der Waals surface area contributed by atoms with Crippen LogP contribution in [0.4, 0.5) is 0 Å². The lowest BCUT2D eigenvalue weighted by molar-refractivity contribution is -0.123. The Morgan fingerprint density at radius 3 is 2.77 bits per heavy atom. The van der Waals surface area contributed by atoms with Gasteiger partial charge in [-0.15, -0.1) is 0 Å². The minimum atomic E-state index is -0.0185. The molecule has 5 heteroatoms. The number of nitrogens with one attached hydrogen (secondary N) is 1. The van der Waals surface area contributed by atoms with Gasteiger partial charge in [0, 0.05) is 18.5 Å². The van der Waals surface area contributed by atoms with Gasteiger partial charge in [0.15, 0.2) is 0 Å². The van der Waals surface area contributed by atoms with E-state index in [1.807, 2.05) is 56.1 Å². The third-order valence-electron chi connectivity index (χ3n) is 3.73. The molecule has 1 N–H and O–H groups in total. The van der Waals surface area contributed by atoms with E-state index in [9.17, 15) is 4.79 Å². The van der Waals surface area contributed by atoms with E-state index >= 15 is 0 Å². The standard InChI is InChI=1S/C17H24N2O3/c1-12(11-21-4)18-17(20)10-19(3)13(2)16-9-14-7-5-6-8-15(14)22-16/h5-9,12-13H,10-11H2,1-4H3,(H,18,20). The predicted octanol–water partition coefficient (Wildman–Crippen LogP) is 2.58. The summed E-state index contributed by atoms with van der Waals surface area (Å²) in [6, 6.07) is 9.97. The lowest BCUT2D eigenvalue weighted by Crippen LogP contribution is -2.42. The van der Waals surface area contributed by atoms with Crippen LogP contribution in [0.2, 0.25) is 0 Å². The Kier molecular flexibility index (Phi) is 5.57. The van der Waals surface area contributed by atoms with Crippen molar-refractivity contribution in [1.29, 1.82) is 0 Å². The molecular weight excluding hydrogens is 280 g/mol. The fraction of sp³-hybridized carbons (Fsp3) is 0.471. The van der Waals surface area contributed by atoms with Crippen LogP contribution in [0.25, 0.3) is 11.0 Å². The monoisotopic (exact) mass is 304 g/mol. The molecule has 1 aromatic heterocycles. The largest absolute Gasteiger partial charge is 0.459 e. The second-order valence-corrected chi connectivity index (χ2v) is 5.70. The highest BCUT2D eigenvalue weighted by atomic mass is 16.5. The van der Waals surface area contributed by atoms with Crippen LogP contribution >= 0.6 is 0 Å². The Morgan fingerprint density at radius 1 is 1.36 bits per heavy atom. The van der Waals surface area contributed by atoms with Crippen LogP contribution in [0.5, 0.6) is 0 Å². The van der Waals surface area contributed by atoms with Gasteiger partial charge < -0.3 is 14.5 Å². The van der Waals surface area contributed by atoms with Gasteiger partial charge in [0.25, 0.3) is 0 Å². The van der Waals surface area contributed by atoms with E-state index in [1.54, 1.807) is 7.11 Å². The second kappa shape index (κ2) is 7.42. The van der Waals surface area contributed by atoms with Gasteiger partial charge in [-0.05, 0) is 33.0 Å². The number of fused-ring (bicyclic) bond motifs is 1. The molecule has 1 amide bonds. The molecular formula is C17H24N2O3. The van der Waals surface area contributed by atoms with Gasteiger partial charge in [-0.25, -0.2) is 0 Å². The van der Waals surface area contributed by atoms with Crippen molar-refractivity contribution in [2.24, 2.45) is 0 Å². The number of amides is 1. The van der Waals surface area contributed by atoms with Crippen LogP contribution in [0.15, 0.2) is 34.7 Å². The zero-order chi connectivity index (χ0) is 16.1. The zero-order valence-electron chi connectivity index (χ0n) is 13.6.